The van der Waals surface area contributed by atoms with Crippen LogP contribution in [0.15, 0.2) is 63.8 Å². The highest BCUT2D eigenvalue weighted by Crippen LogP contribution is 2.25. The van der Waals surface area contributed by atoms with Gasteiger partial charge in [0, 0.05) is 17.3 Å². The summed E-state index contributed by atoms with van der Waals surface area (Å²) in [5.41, 5.74) is 5.02. The second kappa shape index (κ2) is 6.40. The maximum Gasteiger partial charge on any atom is 0.255 e. The summed E-state index contributed by atoms with van der Waals surface area (Å²) in [5.74, 6) is -0.192. The first-order chi connectivity index (χ1) is 12.9. The molecule has 0 saturated heterocycles. The number of hydrogen-bond donors (Lipinski definition) is 1. The molecule has 1 aromatic heterocycles. The molecule has 0 saturated carbocycles. The number of aryl methyl sites for hydroxylation is 3. The second-order valence-electron chi connectivity index (χ2n) is 6.87. The molecule has 4 aromatic rings. The van der Waals surface area contributed by atoms with E-state index in [1.807, 2.05) is 51.1 Å². The maximum absolute atomic E-state index is 12.8. The molecule has 3 aromatic carbocycles. The summed E-state index contributed by atoms with van der Waals surface area (Å²) in [4.78, 5) is 25.4. The van der Waals surface area contributed by atoms with Gasteiger partial charge in [-0.3, -0.25) is 9.59 Å². The average Bonchev–Trinajstić information content (AvgIpc) is 2.63. The van der Waals surface area contributed by atoms with Gasteiger partial charge >= 0.3 is 0 Å². The van der Waals surface area contributed by atoms with Crippen LogP contribution >= 0.6 is 0 Å². The van der Waals surface area contributed by atoms with Crippen LogP contribution in [0, 0.1) is 20.8 Å². The number of nitrogens with one attached hydrogen (secondary N) is 1. The number of hydrogen-bond acceptors (Lipinski definition) is 3. The molecule has 0 spiro atoms. The van der Waals surface area contributed by atoms with E-state index in [2.05, 4.69) is 5.32 Å². The zero-order valence-electron chi connectivity index (χ0n) is 15.4. The molecule has 0 fully saturated rings. The van der Waals surface area contributed by atoms with Crippen molar-refractivity contribution in [3.8, 4) is 0 Å². The molecule has 27 heavy (non-hydrogen) atoms. The van der Waals surface area contributed by atoms with Crippen molar-refractivity contribution in [3.05, 3.63) is 87.1 Å². The van der Waals surface area contributed by atoms with Crippen molar-refractivity contribution in [2.45, 2.75) is 20.8 Å². The lowest BCUT2D eigenvalue weighted by Crippen LogP contribution is -2.13. The molecule has 1 amide bonds. The summed E-state index contributed by atoms with van der Waals surface area (Å²) >= 11 is 0. The molecule has 0 bridgehead atoms. The molecule has 4 heteroatoms. The minimum atomic E-state index is -0.192. The zero-order valence-corrected chi connectivity index (χ0v) is 15.4. The predicted molar refractivity (Wildman–Crippen MR) is 109 cm³/mol. The minimum absolute atomic E-state index is 0.0603. The Morgan fingerprint density at radius 1 is 0.889 bits per heavy atom. The number of fused-ring (bicyclic) bond motifs is 2. The summed E-state index contributed by atoms with van der Waals surface area (Å²) in [6, 6.07) is 16.4. The van der Waals surface area contributed by atoms with Crippen LogP contribution in [0.3, 0.4) is 0 Å². The van der Waals surface area contributed by atoms with E-state index in [0.29, 0.717) is 33.2 Å². The smallest absolute Gasteiger partial charge is 0.255 e. The third-order valence-corrected chi connectivity index (χ3v) is 4.75. The van der Waals surface area contributed by atoms with Crippen LogP contribution < -0.4 is 10.7 Å². The zero-order chi connectivity index (χ0) is 19.1. The van der Waals surface area contributed by atoms with Gasteiger partial charge in [0.25, 0.3) is 5.91 Å². The van der Waals surface area contributed by atoms with E-state index < -0.39 is 0 Å². The Morgan fingerprint density at radius 2 is 1.67 bits per heavy atom. The molecule has 0 atom stereocenters. The first-order valence-corrected chi connectivity index (χ1v) is 8.79. The molecule has 0 unspecified atom stereocenters. The van der Waals surface area contributed by atoms with Gasteiger partial charge in [-0.25, -0.2) is 0 Å². The molecule has 0 aliphatic rings. The fourth-order valence-corrected chi connectivity index (χ4v) is 3.41. The molecule has 0 aliphatic carbocycles. The van der Waals surface area contributed by atoms with Gasteiger partial charge in [-0.2, -0.15) is 0 Å². The Kier molecular flexibility index (Phi) is 4.04. The molecule has 1 N–H and O–H groups in total. The third kappa shape index (κ3) is 2.99. The molecule has 4 nitrogen and oxygen atoms in total. The molecular formula is C23H19NO3. The lowest BCUT2D eigenvalue weighted by molar-refractivity contribution is 0.102. The number of anilines is 1. The van der Waals surface area contributed by atoms with Crippen molar-refractivity contribution in [1.29, 1.82) is 0 Å². The molecule has 134 valence electrons. The van der Waals surface area contributed by atoms with Crippen LogP contribution in [0.1, 0.15) is 27.0 Å². The fourth-order valence-electron chi connectivity index (χ4n) is 3.41. The SMILES string of the molecule is Cc1cc(C)c2oc3cc(NC(=O)c4ccccc4C)ccc3c(=O)c2c1. The van der Waals surface area contributed by atoms with Crippen molar-refractivity contribution in [2.75, 3.05) is 5.32 Å². The van der Waals surface area contributed by atoms with Gasteiger partial charge in [-0.1, -0.05) is 24.3 Å². The molecule has 0 radical (unpaired) electrons. The second-order valence-corrected chi connectivity index (χ2v) is 6.87. The standard InChI is InChI=1S/C23H19NO3/c1-13-10-15(3)22-19(11-13)21(25)18-9-8-16(12-20(18)27-22)24-23(26)17-7-5-4-6-14(17)2/h4-12H,1-3H3,(H,24,26). The largest absolute Gasteiger partial charge is 0.455 e. The van der Waals surface area contributed by atoms with E-state index in [1.54, 1.807) is 24.3 Å². The van der Waals surface area contributed by atoms with Crippen molar-refractivity contribution in [2.24, 2.45) is 0 Å². The summed E-state index contributed by atoms with van der Waals surface area (Å²) in [6.45, 7) is 5.78. The Hall–Kier alpha value is -3.40. The summed E-state index contributed by atoms with van der Waals surface area (Å²) < 4.78 is 6.01. The lowest BCUT2D eigenvalue weighted by atomic mass is 10.1. The van der Waals surface area contributed by atoms with Gasteiger partial charge < -0.3 is 9.73 Å². The van der Waals surface area contributed by atoms with E-state index in [1.165, 1.54) is 0 Å². The summed E-state index contributed by atoms with van der Waals surface area (Å²) in [5, 5.41) is 3.96. The van der Waals surface area contributed by atoms with Crippen molar-refractivity contribution >= 4 is 33.5 Å². The predicted octanol–water partition coefficient (Wildman–Crippen LogP) is 5.12. The Labute approximate surface area is 156 Å². The first-order valence-electron chi connectivity index (χ1n) is 8.79. The highest BCUT2D eigenvalue weighted by atomic mass is 16.3. The van der Waals surface area contributed by atoms with Crippen molar-refractivity contribution in [3.63, 3.8) is 0 Å². The van der Waals surface area contributed by atoms with Gasteiger partial charge in [-0.15, -0.1) is 0 Å². The van der Waals surface area contributed by atoms with Crippen LogP contribution in [0.25, 0.3) is 21.9 Å². The molecule has 1 heterocycles. The van der Waals surface area contributed by atoms with Gasteiger partial charge in [-0.05, 0) is 61.7 Å². The van der Waals surface area contributed by atoms with E-state index in [-0.39, 0.29) is 11.3 Å². The number of carbonyl (C=O) groups excluding carboxylic acids is 1. The number of benzene rings is 3. The quantitative estimate of drug-likeness (QED) is 0.506. The van der Waals surface area contributed by atoms with Crippen LogP contribution in [-0.2, 0) is 0 Å². The van der Waals surface area contributed by atoms with Gasteiger partial charge in [0.2, 0.25) is 5.43 Å². The average molecular weight is 357 g/mol. The highest BCUT2D eigenvalue weighted by Gasteiger charge is 2.13. The van der Waals surface area contributed by atoms with Crippen LogP contribution in [0.4, 0.5) is 5.69 Å². The summed E-state index contributed by atoms with van der Waals surface area (Å²) in [7, 11) is 0. The minimum Gasteiger partial charge on any atom is -0.455 e. The van der Waals surface area contributed by atoms with E-state index >= 15 is 0 Å². The van der Waals surface area contributed by atoms with Crippen LogP contribution in [-0.4, -0.2) is 5.91 Å². The van der Waals surface area contributed by atoms with Gasteiger partial charge in [0.1, 0.15) is 11.2 Å². The lowest BCUT2D eigenvalue weighted by Gasteiger charge is -2.09. The Bertz CT molecular complexity index is 1270. The van der Waals surface area contributed by atoms with Crippen molar-refractivity contribution in [1.82, 2.24) is 0 Å². The van der Waals surface area contributed by atoms with Gasteiger partial charge in [0.15, 0.2) is 0 Å². The van der Waals surface area contributed by atoms with E-state index in [0.717, 1.165) is 16.7 Å². The van der Waals surface area contributed by atoms with Crippen LogP contribution in [0.2, 0.25) is 0 Å². The first kappa shape index (κ1) is 17.0. The van der Waals surface area contributed by atoms with E-state index in [9.17, 15) is 9.59 Å². The van der Waals surface area contributed by atoms with Crippen molar-refractivity contribution < 1.29 is 9.21 Å². The Balaban J connectivity index is 1.81. The maximum atomic E-state index is 12.8. The topological polar surface area (TPSA) is 59.3 Å². The number of amides is 1. The monoisotopic (exact) mass is 357 g/mol. The fraction of sp³-hybridized carbons (Fsp3) is 0.130. The summed E-state index contributed by atoms with van der Waals surface area (Å²) in [6.07, 6.45) is 0. The van der Waals surface area contributed by atoms with Gasteiger partial charge in [0.05, 0.1) is 10.8 Å². The van der Waals surface area contributed by atoms with Crippen LogP contribution in [0.5, 0.6) is 0 Å². The van der Waals surface area contributed by atoms with E-state index in [4.69, 9.17) is 4.42 Å². The normalized spacial score (nSPS) is 11.1. The molecule has 4 rings (SSSR count). The number of rotatable bonds is 2. The molecular weight excluding hydrogens is 338 g/mol. The molecule has 0 aliphatic heterocycles. The highest BCUT2D eigenvalue weighted by molar-refractivity contribution is 6.06. The number of carbonyl (C=O) groups is 1. The Morgan fingerprint density at radius 3 is 2.44 bits per heavy atom. The third-order valence-electron chi connectivity index (χ3n) is 4.75.